The molecule has 0 atom stereocenters. The molecular weight excluding hydrogens is 344 g/mol. The molecule has 0 fully saturated rings. The number of esters is 1. The van der Waals surface area contributed by atoms with Crippen molar-refractivity contribution < 1.29 is 14.3 Å². The average Bonchev–Trinajstić information content (AvgIpc) is 3.19. The molecule has 0 aromatic carbocycles. The Balaban J connectivity index is 2.20. The summed E-state index contributed by atoms with van der Waals surface area (Å²) in [5, 5.41) is 4.87. The van der Waals surface area contributed by atoms with Gasteiger partial charge in [-0.05, 0) is 24.3 Å². The van der Waals surface area contributed by atoms with E-state index in [9.17, 15) is 9.59 Å². The van der Waals surface area contributed by atoms with Crippen LogP contribution in [0.4, 0.5) is 0 Å². The number of methoxy groups -OCH3 is 1. The lowest BCUT2D eigenvalue weighted by Gasteiger charge is -2.23. The predicted molar refractivity (Wildman–Crippen MR) is 97.5 cm³/mol. The summed E-state index contributed by atoms with van der Waals surface area (Å²) in [6.45, 7) is 6.91. The number of thiazole rings is 1. The molecule has 0 bridgehead atoms. The minimum Gasteiger partial charge on any atom is -0.469 e. The molecule has 1 amide bonds. The van der Waals surface area contributed by atoms with E-state index in [4.69, 9.17) is 0 Å². The number of nitrogens with zero attached hydrogens (tertiary/aromatic N) is 2. The fourth-order valence-electron chi connectivity index (χ4n) is 2.29. The molecule has 0 unspecified atom stereocenters. The van der Waals surface area contributed by atoms with Crippen molar-refractivity contribution in [3.05, 3.63) is 27.4 Å². The summed E-state index contributed by atoms with van der Waals surface area (Å²) in [5.41, 5.74) is 1.77. The number of carbonyl (C=O) groups excluding carboxylic acids is 2. The van der Waals surface area contributed by atoms with Gasteiger partial charge in [0.05, 0.1) is 19.2 Å². The summed E-state index contributed by atoms with van der Waals surface area (Å²) in [5.74, 6) is -0.0585. The molecule has 0 saturated carbocycles. The van der Waals surface area contributed by atoms with Gasteiger partial charge in [-0.2, -0.15) is 11.3 Å². The third kappa shape index (κ3) is 4.64. The molecule has 5 nitrogen and oxygen atoms in total. The molecule has 24 heavy (non-hydrogen) atoms. The molecule has 130 valence electrons. The van der Waals surface area contributed by atoms with Crippen LogP contribution >= 0.6 is 22.7 Å². The zero-order valence-electron chi connectivity index (χ0n) is 14.4. The summed E-state index contributed by atoms with van der Waals surface area (Å²) in [7, 11) is 1.36. The van der Waals surface area contributed by atoms with Gasteiger partial charge in [0, 0.05) is 24.0 Å². The molecule has 0 N–H and O–H groups in total. The van der Waals surface area contributed by atoms with Crippen LogP contribution in [-0.4, -0.2) is 42.0 Å². The van der Waals surface area contributed by atoms with Gasteiger partial charge in [0.1, 0.15) is 9.88 Å². The van der Waals surface area contributed by atoms with Gasteiger partial charge in [-0.1, -0.05) is 13.8 Å². The van der Waals surface area contributed by atoms with Crippen LogP contribution in [0.2, 0.25) is 0 Å². The maximum Gasteiger partial charge on any atom is 0.307 e. The monoisotopic (exact) mass is 366 g/mol. The molecular formula is C17H22N2O3S2. The zero-order valence-corrected chi connectivity index (χ0v) is 16.0. The first-order valence-electron chi connectivity index (χ1n) is 7.78. The van der Waals surface area contributed by atoms with E-state index in [1.165, 1.54) is 18.4 Å². The largest absolute Gasteiger partial charge is 0.469 e. The first kappa shape index (κ1) is 18.6. The van der Waals surface area contributed by atoms with Gasteiger partial charge in [-0.25, -0.2) is 4.98 Å². The Labute approximate surface area is 150 Å². The van der Waals surface area contributed by atoms with Gasteiger partial charge in [-0.3, -0.25) is 9.59 Å². The fraction of sp³-hybridized carbons (Fsp3) is 0.471. The van der Waals surface area contributed by atoms with Crippen LogP contribution in [0.25, 0.3) is 10.6 Å². The van der Waals surface area contributed by atoms with E-state index in [0.29, 0.717) is 23.9 Å². The Morgan fingerprint density at radius 1 is 1.38 bits per heavy atom. The molecule has 2 aromatic heterocycles. The van der Waals surface area contributed by atoms with E-state index in [1.54, 1.807) is 16.2 Å². The van der Waals surface area contributed by atoms with Crippen molar-refractivity contribution in [2.45, 2.75) is 27.2 Å². The van der Waals surface area contributed by atoms with Crippen LogP contribution in [0, 0.1) is 12.8 Å². The van der Waals surface area contributed by atoms with Crippen molar-refractivity contribution in [1.82, 2.24) is 9.88 Å². The lowest BCUT2D eigenvalue weighted by atomic mass is 10.2. The number of ether oxygens (including phenoxy) is 1. The predicted octanol–water partition coefficient (Wildman–Crippen LogP) is 3.84. The first-order valence-corrected chi connectivity index (χ1v) is 9.54. The third-order valence-electron chi connectivity index (χ3n) is 3.45. The molecule has 0 aliphatic heterocycles. The van der Waals surface area contributed by atoms with Crippen LogP contribution in [0.15, 0.2) is 16.8 Å². The minimum atomic E-state index is -0.309. The second kappa shape index (κ2) is 8.39. The molecule has 0 aliphatic carbocycles. The number of aromatic nitrogens is 1. The Bertz CT molecular complexity index is 693. The quantitative estimate of drug-likeness (QED) is 0.699. The fourth-order valence-corrected chi connectivity index (χ4v) is 4.04. The third-order valence-corrected chi connectivity index (χ3v) is 5.32. The molecule has 0 spiro atoms. The smallest absolute Gasteiger partial charge is 0.307 e. The molecule has 7 heteroatoms. The van der Waals surface area contributed by atoms with Gasteiger partial charge in [-0.15, -0.1) is 11.3 Å². The second-order valence-corrected chi connectivity index (χ2v) is 7.70. The highest BCUT2D eigenvalue weighted by Crippen LogP contribution is 2.30. The van der Waals surface area contributed by atoms with Gasteiger partial charge in [0.2, 0.25) is 0 Å². The second-order valence-electron chi connectivity index (χ2n) is 5.92. The highest BCUT2D eigenvalue weighted by Gasteiger charge is 2.23. The minimum absolute atomic E-state index is 0.0657. The van der Waals surface area contributed by atoms with E-state index < -0.39 is 0 Å². The number of hydrogen-bond donors (Lipinski definition) is 0. The number of rotatable bonds is 7. The van der Waals surface area contributed by atoms with E-state index in [0.717, 1.165) is 16.3 Å². The lowest BCUT2D eigenvalue weighted by molar-refractivity contribution is -0.140. The van der Waals surface area contributed by atoms with Crippen molar-refractivity contribution in [3.8, 4) is 10.6 Å². The Hall–Kier alpha value is -1.73. The number of aryl methyl sites for hydroxylation is 1. The molecule has 0 radical (unpaired) electrons. The highest BCUT2D eigenvalue weighted by atomic mass is 32.1. The summed E-state index contributed by atoms with van der Waals surface area (Å²) in [6.07, 6.45) is 0.199. The van der Waals surface area contributed by atoms with Crippen molar-refractivity contribution in [2.75, 3.05) is 20.2 Å². The molecule has 2 heterocycles. The Morgan fingerprint density at radius 3 is 2.71 bits per heavy atom. The summed E-state index contributed by atoms with van der Waals surface area (Å²) in [6, 6.07) is 2.00. The Kier molecular flexibility index (Phi) is 6.51. The zero-order chi connectivity index (χ0) is 17.7. The van der Waals surface area contributed by atoms with Gasteiger partial charge in [0.15, 0.2) is 0 Å². The van der Waals surface area contributed by atoms with Crippen LogP contribution in [0.3, 0.4) is 0 Å². The van der Waals surface area contributed by atoms with Gasteiger partial charge >= 0.3 is 5.97 Å². The molecule has 2 aromatic rings. The summed E-state index contributed by atoms with van der Waals surface area (Å²) in [4.78, 5) is 31.2. The van der Waals surface area contributed by atoms with Crippen LogP contribution < -0.4 is 0 Å². The first-order chi connectivity index (χ1) is 11.4. The number of carbonyl (C=O) groups is 2. The van der Waals surface area contributed by atoms with E-state index in [2.05, 4.69) is 23.6 Å². The normalized spacial score (nSPS) is 10.9. The number of thiophene rings is 1. The maximum absolute atomic E-state index is 12.9. The van der Waals surface area contributed by atoms with Crippen LogP contribution in [-0.2, 0) is 9.53 Å². The number of hydrogen-bond acceptors (Lipinski definition) is 6. The van der Waals surface area contributed by atoms with E-state index in [1.807, 2.05) is 23.8 Å². The van der Waals surface area contributed by atoms with Crippen molar-refractivity contribution in [2.24, 2.45) is 5.92 Å². The number of amides is 1. The van der Waals surface area contributed by atoms with Crippen LogP contribution in [0.5, 0.6) is 0 Å². The van der Waals surface area contributed by atoms with Crippen molar-refractivity contribution >= 4 is 34.6 Å². The van der Waals surface area contributed by atoms with E-state index in [-0.39, 0.29) is 18.3 Å². The standard InChI is InChI=1S/C17H22N2O3S2/c1-11(2)9-19(7-5-14(20)22-4)17(21)15-12(3)18-16(24-15)13-6-8-23-10-13/h6,8,10-11H,5,7,9H2,1-4H3. The topological polar surface area (TPSA) is 59.5 Å². The molecule has 0 aliphatic rings. The summed E-state index contributed by atoms with van der Waals surface area (Å²) < 4.78 is 4.68. The van der Waals surface area contributed by atoms with E-state index >= 15 is 0 Å². The van der Waals surface area contributed by atoms with Gasteiger partial charge < -0.3 is 9.64 Å². The Morgan fingerprint density at radius 2 is 2.12 bits per heavy atom. The van der Waals surface area contributed by atoms with Crippen LogP contribution in [0.1, 0.15) is 35.6 Å². The van der Waals surface area contributed by atoms with Crippen molar-refractivity contribution in [1.29, 1.82) is 0 Å². The highest BCUT2D eigenvalue weighted by molar-refractivity contribution is 7.17. The lowest BCUT2D eigenvalue weighted by Crippen LogP contribution is -2.36. The SMILES string of the molecule is COC(=O)CCN(CC(C)C)C(=O)c1sc(-c2ccsc2)nc1C. The molecule has 0 saturated heterocycles. The summed E-state index contributed by atoms with van der Waals surface area (Å²) >= 11 is 3.02. The maximum atomic E-state index is 12.9. The average molecular weight is 367 g/mol. The van der Waals surface area contributed by atoms with Crippen molar-refractivity contribution in [3.63, 3.8) is 0 Å². The molecule has 2 rings (SSSR count). The van der Waals surface area contributed by atoms with Gasteiger partial charge in [0.25, 0.3) is 5.91 Å².